The Labute approximate surface area is 202 Å². The number of ether oxygens (including phenoxy) is 3. The Balaban J connectivity index is 1.82. The lowest BCUT2D eigenvalue weighted by molar-refractivity contribution is 0.0489. The average molecular weight is 489 g/mol. The van der Waals surface area contributed by atoms with E-state index in [-0.39, 0.29) is 23.2 Å². The lowest BCUT2D eigenvalue weighted by Gasteiger charge is -2.24. The Morgan fingerprint density at radius 2 is 1.82 bits per heavy atom. The number of halogens is 2. The number of pyridine rings is 1. The molecule has 0 bridgehead atoms. The van der Waals surface area contributed by atoms with Gasteiger partial charge in [-0.3, -0.25) is 4.79 Å². The third-order valence-electron chi connectivity index (χ3n) is 5.27. The number of hydrogen-bond donors (Lipinski definition) is 2. The van der Waals surface area contributed by atoms with Crippen LogP contribution in [0.15, 0.2) is 48.5 Å². The number of amides is 1. The minimum Gasteiger partial charge on any atom is -0.496 e. The van der Waals surface area contributed by atoms with Crippen molar-refractivity contribution in [2.24, 2.45) is 0 Å². The summed E-state index contributed by atoms with van der Waals surface area (Å²) in [5.74, 6) is 0.0129. The van der Waals surface area contributed by atoms with Gasteiger partial charge in [0.15, 0.2) is 0 Å². The fourth-order valence-corrected chi connectivity index (χ4v) is 3.55. The van der Waals surface area contributed by atoms with Crippen molar-refractivity contribution in [3.8, 4) is 22.8 Å². The van der Waals surface area contributed by atoms with E-state index in [9.17, 15) is 14.3 Å². The largest absolute Gasteiger partial charge is 0.496 e. The van der Waals surface area contributed by atoms with E-state index in [1.807, 2.05) is 0 Å². The number of nitrogens with zero attached hydrogens (tertiary/aromatic N) is 1. The molecule has 0 saturated carbocycles. The quantitative estimate of drug-likeness (QED) is 0.465. The number of carbonyl (C=O) groups excluding carboxylic acids is 1. The van der Waals surface area contributed by atoms with E-state index in [2.05, 4.69) is 10.3 Å². The molecule has 0 radical (unpaired) electrons. The van der Waals surface area contributed by atoms with Gasteiger partial charge < -0.3 is 24.6 Å². The molecule has 0 spiro atoms. The molecule has 7 nitrogen and oxygen atoms in total. The molecular weight excluding hydrogens is 463 g/mol. The highest BCUT2D eigenvalue weighted by molar-refractivity contribution is 6.31. The van der Waals surface area contributed by atoms with Crippen LogP contribution in [-0.2, 0) is 16.9 Å². The number of hydrogen-bond acceptors (Lipinski definition) is 6. The third-order valence-corrected chi connectivity index (χ3v) is 5.55. The van der Waals surface area contributed by atoms with Crippen molar-refractivity contribution in [2.75, 3.05) is 27.9 Å². The molecule has 0 saturated heterocycles. The second kappa shape index (κ2) is 10.8. The maximum atomic E-state index is 13.6. The van der Waals surface area contributed by atoms with Gasteiger partial charge in [-0.25, -0.2) is 9.37 Å². The zero-order valence-electron chi connectivity index (χ0n) is 19.3. The van der Waals surface area contributed by atoms with E-state index in [1.54, 1.807) is 37.4 Å². The molecule has 2 N–H and O–H groups in total. The predicted molar refractivity (Wildman–Crippen MR) is 127 cm³/mol. The van der Waals surface area contributed by atoms with Crippen LogP contribution < -0.4 is 14.8 Å². The molecule has 34 heavy (non-hydrogen) atoms. The molecule has 1 atom stereocenters. The third kappa shape index (κ3) is 5.64. The molecule has 180 valence electrons. The van der Waals surface area contributed by atoms with Crippen LogP contribution in [0.3, 0.4) is 0 Å². The Morgan fingerprint density at radius 3 is 2.47 bits per heavy atom. The van der Waals surface area contributed by atoms with Crippen LogP contribution in [0.25, 0.3) is 11.3 Å². The number of carbonyl (C=O) groups is 1. The summed E-state index contributed by atoms with van der Waals surface area (Å²) in [6.07, 6.45) is 0. The number of rotatable bonds is 9. The normalized spacial score (nSPS) is 12.7. The smallest absolute Gasteiger partial charge is 0.251 e. The van der Waals surface area contributed by atoms with E-state index >= 15 is 0 Å². The van der Waals surface area contributed by atoms with Gasteiger partial charge in [-0.05, 0) is 49.4 Å². The van der Waals surface area contributed by atoms with Gasteiger partial charge in [-0.2, -0.15) is 0 Å². The highest BCUT2D eigenvalue weighted by Crippen LogP contribution is 2.33. The first-order valence-electron chi connectivity index (χ1n) is 10.4. The first kappa shape index (κ1) is 25.4. The van der Waals surface area contributed by atoms with Gasteiger partial charge in [0.25, 0.3) is 5.91 Å². The van der Waals surface area contributed by atoms with Crippen molar-refractivity contribution in [1.82, 2.24) is 10.3 Å². The number of nitrogens with one attached hydrogen (secondary N) is 1. The van der Waals surface area contributed by atoms with Gasteiger partial charge in [0.05, 0.1) is 38.1 Å². The molecule has 0 aliphatic rings. The monoisotopic (exact) mass is 488 g/mol. The molecule has 1 heterocycles. The highest BCUT2D eigenvalue weighted by Gasteiger charge is 2.27. The number of aromatic nitrogens is 1. The first-order valence-corrected chi connectivity index (χ1v) is 10.7. The van der Waals surface area contributed by atoms with Crippen LogP contribution in [0, 0.1) is 5.82 Å². The Morgan fingerprint density at radius 1 is 1.09 bits per heavy atom. The fraction of sp³-hybridized carbons (Fsp3) is 0.280. The molecule has 0 aliphatic carbocycles. The summed E-state index contributed by atoms with van der Waals surface area (Å²) in [7, 11) is 4.57. The van der Waals surface area contributed by atoms with Gasteiger partial charge in [0.1, 0.15) is 28.6 Å². The summed E-state index contributed by atoms with van der Waals surface area (Å²) in [6.45, 7) is 1.77. The van der Waals surface area contributed by atoms with Crippen molar-refractivity contribution in [1.29, 1.82) is 0 Å². The lowest BCUT2D eigenvalue weighted by atomic mass is 9.99. The molecular formula is C25H26ClFN2O5. The zero-order chi connectivity index (χ0) is 24.9. The van der Waals surface area contributed by atoms with Gasteiger partial charge in [-0.15, -0.1) is 0 Å². The Hall–Kier alpha value is -3.20. The standard InChI is InChI=1S/C25H26ClFN2O5/c1-25(31,14-28-24(30)16-5-6-17(13-32-2)21(12-16)34-4)22-10-9-20(33-3)23(29-22)15-7-8-19(27)18(26)11-15/h5-12,31H,13-14H2,1-4H3,(H,28,30). The Kier molecular flexibility index (Phi) is 8.09. The molecule has 1 unspecified atom stereocenters. The van der Waals surface area contributed by atoms with Crippen LogP contribution >= 0.6 is 11.6 Å². The van der Waals surface area contributed by atoms with Crippen molar-refractivity contribution in [3.05, 3.63) is 76.2 Å². The fourth-order valence-electron chi connectivity index (χ4n) is 3.37. The predicted octanol–water partition coefficient (Wildman–Crippen LogP) is 4.34. The first-order chi connectivity index (χ1) is 16.2. The van der Waals surface area contributed by atoms with Gasteiger partial charge in [-0.1, -0.05) is 17.7 Å². The molecule has 3 rings (SSSR count). The Bertz CT molecular complexity index is 1190. The van der Waals surface area contributed by atoms with Crippen molar-refractivity contribution in [3.63, 3.8) is 0 Å². The molecule has 3 aromatic rings. The van der Waals surface area contributed by atoms with Crippen LogP contribution in [0.5, 0.6) is 11.5 Å². The van der Waals surface area contributed by atoms with E-state index in [4.69, 9.17) is 25.8 Å². The average Bonchev–Trinajstić information content (AvgIpc) is 2.84. The molecule has 0 aliphatic heterocycles. The van der Waals surface area contributed by atoms with Crippen LogP contribution in [0.2, 0.25) is 5.02 Å². The summed E-state index contributed by atoms with van der Waals surface area (Å²) in [4.78, 5) is 17.2. The van der Waals surface area contributed by atoms with Gasteiger partial charge >= 0.3 is 0 Å². The second-order valence-electron chi connectivity index (χ2n) is 7.79. The van der Waals surface area contributed by atoms with E-state index in [0.29, 0.717) is 34.9 Å². The lowest BCUT2D eigenvalue weighted by Crippen LogP contribution is -2.39. The maximum Gasteiger partial charge on any atom is 0.251 e. The minimum absolute atomic E-state index is 0.0577. The second-order valence-corrected chi connectivity index (χ2v) is 8.20. The number of methoxy groups -OCH3 is 3. The minimum atomic E-state index is -1.51. The topological polar surface area (TPSA) is 89.9 Å². The van der Waals surface area contributed by atoms with Gasteiger partial charge in [0, 0.05) is 23.8 Å². The highest BCUT2D eigenvalue weighted by atomic mass is 35.5. The van der Waals surface area contributed by atoms with Crippen molar-refractivity contribution in [2.45, 2.75) is 19.1 Å². The molecule has 1 amide bonds. The van der Waals surface area contributed by atoms with Crippen LogP contribution in [-0.4, -0.2) is 43.9 Å². The van der Waals surface area contributed by atoms with Crippen molar-refractivity contribution < 1.29 is 28.5 Å². The summed E-state index contributed by atoms with van der Waals surface area (Å²) in [5.41, 5.74) is 0.860. The molecule has 1 aromatic heterocycles. The summed E-state index contributed by atoms with van der Waals surface area (Å²) in [5, 5.41) is 13.8. The summed E-state index contributed by atoms with van der Waals surface area (Å²) < 4.78 is 29.4. The molecule has 9 heteroatoms. The number of aliphatic hydroxyl groups is 1. The van der Waals surface area contributed by atoms with Crippen LogP contribution in [0.4, 0.5) is 4.39 Å². The van der Waals surface area contributed by atoms with Crippen LogP contribution in [0.1, 0.15) is 28.5 Å². The van der Waals surface area contributed by atoms with Crippen molar-refractivity contribution >= 4 is 17.5 Å². The van der Waals surface area contributed by atoms with E-state index in [0.717, 1.165) is 5.56 Å². The SMILES string of the molecule is COCc1ccc(C(=O)NCC(C)(O)c2ccc(OC)c(-c3ccc(F)c(Cl)c3)n2)cc1OC. The summed E-state index contributed by atoms with van der Waals surface area (Å²) in [6, 6.07) is 12.4. The molecule has 0 fully saturated rings. The molecule has 2 aromatic carbocycles. The van der Waals surface area contributed by atoms with E-state index < -0.39 is 11.4 Å². The maximum absolute atomic E-state index is 13.6. The van der Waals surface area contributed by atoms with Gasteiger partial charge in [0.2, 0.25) is 0 Å². The zero-order valence-corrected chi connectivity index (χ0v) is 20.1. The number of benzene rings is 2. The summed E-state index contributed by atoms with van der Waals surface area (Å²) >= 11 is 5.92. The van der Waals surface area contributed by atoms with E-state index in [1.165, 1.54) is 39.3 Å².